The SMILES string of the molecule is CC(C)OCCNS(=O)(=O)c1ccccc1C(N)=S. The maximum atomic E-state index is 12.1. The van der Waals surface area contributed by atoms with E-state index in [1.54, 1.807) is 18.2 Å². The van der Waals surface area contributed by atoms with Crippen molar-refractivity contribution < 1.29 is 13.2 Å². The highest BCUT2D eigenvalue weighted by atomic mass is 32.2. The van der Waals surface area contributed by atoms with Crippen molar-refractivity contribution in [3.05, 3.63) is 29.8 Å². The second kappa shape index (κ2) is 6.95. The van der Waals surface area contributed by atoms with E-state index in [4.69, 9.17) is 22.7 Å². The van der Waals surface area contributed by atoms with Crippen LogP contribution in [0.2, 0.25) is 0 Å². The molecule has 0 fully saturated rings. The molecule has 3 N–H and O–H groups in total. The lowest BCUT2D eigenvalue weighted by atomic mass is 10.2. The van der Waals surface area contributed by atoms with Crippen LogP contribution in [0.5, 0.6) is 0 Å². The molecule has 1 rings (SSSR count). The van der Waals surface area contributed by atoms with E-state index in [-0.39, 0.29) is 22.5 Å². The Labute approximate surface area is 119 Å². The maximum absolute atomic E-state index is 12.1. The van der Waals surface area contributed by atoms with Gasteiger partial charge in [0.2, 0.25) is 10.0 Å². The predicted molar refractivity (Wildman–Crippen MR) is 78.6 cm³/mol. The molecule has 1 aromatic rings. The summed E-state index contributed by atoms with van der Waals surface area (Å²) in [7, 11) is -3.63. The molecule has 106 valence electrons. The lowest BCUT2D eigenvalue weighted by molar-refractivity contribution is 0.0834. The summed E-state index contributed by atoms with van der Waals surface area (Å²) in [6.07, 6.45) is 0.0633. The molecule has 0 aliphatic heterocycles. The standard InChI is InChI=1S/C12H18N2O3S2/c1-9(2)17-8-7-14-19(15,16)11-6-4-3-5-10(11)12(13)18/h3-6,9,14H,7-8H2,1-2H3,(H2,13,18). The molecule has 1 aromatic carbocycles. The largest absolute Gasteiger partial charge is 0.389 e. The van der Waals surface area contributed by atoms with Crippen molar-refractivity contribution in [1.29, 1.82) is 0 Å². The molecule has 19 heavy (non-hydrogen) atoms. The van der Waals surface area contributed by atoms with E-state index in [0.29, 0.717) is 12.2 Å². The zero-order chi connectivity index (χ0) is 14.5. The fraction of sp³-hybridized carbons (Fsp3) is 0.417. The van der Waals surface area contributed by atoms with Gasteiger partial charge in [-0.05, 0) is 19.9 Å². The predicted octanol–water partition coefficient (Wildman–Crippen LogP) is 1.02. The first-order valence-electron chi connectivity index (χ1n) is 5.84. The van der Waals surface area contributed by atoms with E-state index >= 15 is 0 Å². The molecule has 0 radical (unpaired) electrons. The molecule has 0 amide bonds. The third-order valence-electron chi connectivity index (χ3n) is 2.29. The van der Waals surface area contributed by atoms with Crippen LogP contribution in [0.3, 0.4) is 0 Å². The van der Waals surface area contributed by atoms with Crippen molar-refractivity contribution in [3.63, 3.8) is 0 Å². The van der Waals surface area contributed by atoms with Crippen LogP contribution in [0.1, 0.15) is 19.4 Å². The average molecular weight is 302 g/mol. The number of sulfonamides is 1. The Morgan fingerprint density at radius 2 is 2.05 bits per heavy atom. The van der Waals surface area contributed by atoms with E-state index in [0.717, 1.165) is 0 Å². The Bertz CT molecular complexity index is 542. The van der Waals surface area contributed by atoms with Crippen LogP contribution in [0.25, 0.3) is 0 Å². The Morgan fingerprint density at radius 3 is 2.63 bits per heavy atom. The minimum absolute atomic E-state index is 0.0550. The van der Waals surface area contributed by atoms with Crippen LogP contribution in [-0.4, -0.2) is 32.7 Å². The Hall–Kier alpha value is -1.02. The highest BCUT2D eigenvalue weighted by Gasteiger charge is 2.18. The smallest absolute Gasteiger partial charge is 0.241 e. The van der Waals surface area contributed by atoms with Crippen molar-refractivity contribution >= 4 is 27.2 Å². The van der Waals surface area contributed by atoms with Gasteiger partial charge in [0.05, 0.1) is 17.6 Å². The molecule has 0 saturated heterocycles. The van der Waals surface area contributed by atoms with Gasteiger partial charge in [-0.15, -0.1) is 0 Å². The number of ether oxygens (including phenoxy) is 1. The van der Waals surface area contributed by atoms with Crippen molar-refractivity contribution in [3.8, 4) is 0 Å². The van der Waals surface area contributed by atoms with Gasteiger partial charge in [0, 0.05) is 12.1 Å². The third kappa shape index (κ3) is 4.87. The van der Waals surface area contributed by atoms with Gasteiger partial charge in [0.1, 0.15) is 4.99 Å². The van der Waals surface area contributed by atoms with Crippen LogP contribution in [0.4, 0.5) is 0 Å². The van der Waals surface area contributed by atoms with Gasteiger partial charge in [0.15, 0.2) is 0 Å². The summed E-state index contributed by atoms with van der Waals surface area (Å²) in [5, 5.41) is 0. The third-order valence-corrected chi connectivity index (χ3v) is 4.03. The molecular formula is C12H18N2O3S2. The van der Waals surface area contributed by atoms with Crippen molar-refractivity contribution in [2.24, 2.45) is 5.73 Å². The van der Waals surface area contributed by atoms with Gasteiger partial charge in [-0.3, -0.25) is 0 Å². The monoisotopic (exact) mass is 302 g/mol. The van der Waals surface area contributed by atoms with Crippen LogP contribution in [0, 0.1) is 0 Å². The second-order valence-corrected chi connectivity index (χ2v) is 6.35. The molecule has 0 bridgehead atoms. The fourth-order valence-electron chi connectivity index (χ4n) is 1.45. The van der Waals surface area contributed by atoms with Crippen molar-refractivity contribution in [2.75, 3.05) is 13.2 Å². The Balaban J connectivity index is 2.80. The van der Waals surface area contributed by atoms with E-state index in [2.05, 4.69) is 4.72 Å². The molecular weight excluding hydrogens is 284 g/mol. The zero-order valence-corrected chi connectivity index (χ0v) is 12.6. The molecule has 0 aliphatic carbocycles. The number of benzene rings is 1. The highest BCUT2D eigenvalue weighted by molar-refractivity contribution is 7.89. The number of nitrogens with two attached hydrogens (primary N) is 1. The summed E-state index contributed by atoms with van der Waals surface area (Å²) in [6.45, 7) is 4.28. The van der Waals surface area contributed by atoms with Gasteiger partial charge in [0.25, 0.3) is 0 Å². The number of nitrogens with one attached hydrogen (secondary N) is 1. The quantitative estimate of drug-likeness (QED) is 0.580. The topological polar surface area (TPSA) is 81.4 Å². The molecule has 7 heteroatoms. The Morgan fingerprint density at radius 1 is 1.42 bits per heavy atom. The van der Waals surface area contributed by atoms with E-state index in [1.807, 2.05) is 13.8 Å². The minimum atomic E-state index is -3.63. The molecule has 5 nitrogen and oxygen atoms in total. The fourth-order valence-corrected chi connectivity index (χ4v) is 2.93. The first-order valence-corrected chi connectivity index (χ1v) is 7.74. The molecule has 0 saturated carbocycles. The van der Waals surface area contributed by atoms with Gasteiger partial charge in [-0.1, -0.05) is 30.4 Å². The summed E-state index contributed by atoms with van der Waals surface area (Å²) in [4.78, 5) is 0.145. The summed E-state index contributed by atoms with van der Waals surface area (Å²) in [5.74, 6) is 0. The minimum Gasteiger partial charge on any atom is -0.389 e. The van der Waals surface area contributed by atoms with Gasteiger partial charge in [-0.25, -0.2) is 13.1 Å². The number of hydrogen-bond donors (Lipinski definition) is 2. The Kier molecular flexibility index (Phi) is 5.86. The van der Waals surface area contributed by atoms with Crippen molar-refractivity contribution in [2.45, 2.75) is 24.8 Å². The molecule has 0 spiro atoms. The molecule has 0 unspecified atom stereocenters. The summed E-state index contributed by atoms with van der Waals surface area (Å²) in [5.41, 5.74) is 5.86. The van der Waals surface area contributed by atoms with E-state index in [9.17, 15) is 8.42 Å². The normalized spacial score (nSPS) is 11.7. The molecule has 0 aromatic heterocycles. The summed E-state index contributed by atoms with van der Waals surface area (Å²) >= 11 is 4.85. The van der Waals surface area contributed by atoms with E-state index in [1.165, 1.54) is 6.07 Å². The number of hydrogen-bond acceptors (Lipinski definition) is 4. The maximum Gasteiger partial charge on any atom is 0.241 e. The van der Waals surface area contributed by atoms with Crippen LogP contribution >= 0.6 is 12.2 Å². The first kappa shape index (κ1) is 16.0. The van der Waals surface area contributed by atoms with Gasteiger partial charge >= 0.3 is 0 Å². The van der Waals surface area contributed by atoms with Crippen LogP contribution < -0.4 is 10.5 Å². The second-order valence-electron chi connectivity index (χ2n) is 4.18. The first-order chi connectivity index (χ1) is 8.84. The molecule has 0 heterocycles. The highest BCUT2D eigenvalue weighted by Crippen LogP contribution is 2.14. The van der Waals surface area contributed by atoms with Gasteiger partial charge < -0.3 is 10.5 Å². The lowest BCUT2D eigenvalue weighted by Crippen LogP contribution is -2.30. The zero-order valence-electron chi connectivity index (χ0n) is 10.9. The van der Waals surface area contributed by atoms with Gasteiger partial charge in [-0.2, -0.15) is 0 Å². The van der Waals surface area contributed by atoms with Crippen LogP contribution in [-0.2, 0) is 14.8 Å². The molecule has 0 aliphatic rings. The van der Waals surface area contributed by atoms with Crippen molar-refractivity contribution in [1.82, 2.24) is 4.72 Å². The van der Waals surface area contributed by atoms with Crippen LogP contribution in [0.15, 0.2) is 29.2 Å². The summed E-state index contributed by atoms with van der Waals surface area (Å²) in [6, 6.07) is 6.37. The molecule has 0 atom stereocenters. The lowest BCUT2D eigenvalue weighted by Gasteiger charge is -2.11. The van der Waals surface area contributed by atoms with E-state index < -0.39 is 10.0 Å². The average Bonchev–Trinajstić information content (AvgIpc) is 2.34. The number of rotatable bonds is 7. The number of thiocarbonyl (C=S) groups is 1. The summed E-state index contributed by atoms with van der Waals surface area (Å²) < 4.78 is 32.0.